The predicted octanol–water partition coefficient (Wildman–Crippen LogP) is 11.6. The molecule has 10 heteroatoms. The van der Waals surface area contributed by atoms with Crippen LogP contribution in [0.3, 0.4) is 0 Å². The van der Waals surface area contributed by atoms with Crippen molar-refractivity contribution in [1.29, 1.82) is 0 Å². The van der Waals surface area contributed by atoms with E-state index in [1.165, 1.54) is 0 Å². The number of phosphoric acid groups is 1. The molecule has 316 valence electrons. The Morgan fingerprint density at radius 2 is 0.964 bits per heavy atom. The summed E-state index contributed by atoms with van der Waals surface area (Å²) in [5.41, 5.74) is 0. The van der Waals surface area contributed by atoms with Gasteiger partial charge in [-0.2, -0.15) is 0 Å². The van der Waals surface area contributed by atoms with Crippen LogP contribution in [0.1, 0.15) is 117 Å². The van der Waals surface area contributed by atoms with Gasteiger partial charge in [0, 0.05) is 12.8 Å². The summed E-state index contributed by atoms with van der Waals surface area (Å²) in [5, 5.41) is 0. The smallest absolute Gasteiger partial charge is 0.462 e. The molecular formula is C46H75NO8P+. The number of rotatable bonds is 35. The molecule has 0 spiro atoms. The van der Waals surface area contributed by atoms with Crippen LogP contribution in [0, 0.1) is 0 Å². The van der Waals surface area contributed by atoms with Gasteiger partial charge >= 0.3 is 19.8 Å². The van der Waals surface area contributed by atoms with Crippen molar-refractivity contribution in [3.05, 3.63) is 109 Å². The van der Waals surface area contributed by atoms with Gasteiger partial charge in [0.15, 0.2) is 6.10 Å². The molecule has 0 aliphatic carbocycles. The summed E-state index contributed by atoms with van der Waals surface area (Å²) in [6.45, 7) is 4.03. The van der Waals surface area contributed by atoms with E-state index in [1.807, 2.05) is 27.2 Å². The molecule has 0 aliphatic rings. The molecule has 0 saturated carbocycles. The maximum absolute atomic E-state index is 12.6. The van der Waals surface area contributed by atoms with E-state index in [0.717, 1.165) is 77.0 Å². The van der Waals surface area contributed by atoms with Crippen molar-refractivity contribution in [2.24, 2.45) is 0 Å². The van der Waals surface area contributed by atoms with Crippen LogP contribution in [0.15, 0.2) is 109 Å². The van der Waals surface area contributed by atoms with E-state index in [-0.39, 0.29) is 26.1 Å². The first kappa shape index (κ1) is 52.7. The predicted molar refractivity (Wildman–Crippen MR) is 233 cm³/mol. The third-order valence-electron chi connectivity index (χ3n) is 7.80. The van der Waals surface area contributed by atoms with Crippen molar-refractivity contribution in [1.82, 2.24) is 0 Å². The third kappa shape index (κ3) is 40.3. The number of allylic oxidation sites excluding steroid dienone is 18. The number of esters is 2. The second-order valence-electron chi connectivity index (χ2n) is 14.3. The van der Waals surface area contributed by atoms with Crippen molar-refractivity contribution < 1.29 is 42.1 Å². The third-order valence-corrected chi connectivity index (χ3v) is 8.78. The van der Waals surface area contributed by atoms with Gasteiger partial charge in [0.25, 0.3) is 0 Å². The number of hydrogen-bond donors (Lipinski definition) is 1. The lowest BCUT2D eigenvalue weighted by Crippen LogP contribution is -2.37. The number of likely N-dealkylation sites (N-methyl/N-ethyl adjacent to an activating group) is 1. The fourth-order valence-corrected chi connectivity index (χ4v) is 5.37. The van der Waals surface area contributed by atoms with E-state index < -0.39 is 32.5 Å². The normalized spacial score (nSPS) is 14.8. The van der Waals surface area contributed by atoms with Crippen LogP contribution in [0.25, 0.3) is 0 Å². The second kappa shape index (κ2) is 37.3. The van der Waals surface area contributed by atoms with Crippen molar-refractivity contribution in [3.8, 4) is 0 Å². The quantitative estimate of drug-likeness (QED) is 0.0222. The highest BCUT2D eigenvalue weighted by molar-refractivity contribution is 7.47. The number of phosphoric ester groups is 1. The molecule has 0 fully saturated rings. The summed E-state index contributed by atoms with van der Waals surface area (Å²) in [5.74, 6) is -0.931. The van der Waals surface area contributed by atoms with E-state index in [1.54, 1.807) is 0 Å². The van der Waals surface area contributed by atoms with Crippen LogP contribution in [-0.2, 0) is 32.7 Å². The van der Waals surface area contributed by atoms with Gasteiger partial charge in [-0.3, -0.25) is 18.6 Å². The Bertz CT molecular complexity index is 1320. The lowest BCUT2D eigenvalue weighted by Gasteiger charge is -2.24. The van der Waals surface area contributed by atoms with Crippen LogP contribution >= 0.6 is 7.82 Å². The molecule has 0 aromatic carbocycles. The molecule has 0 rings (SSSR count). The Hall–Kier alpha value is -3.33. The molecule has 0 bridgehead atoms. The molecular weight excluding hydrogens is 725 g/mol. The van der Waals surface area contributed by atoms with E-state index in [4.69, 9.17) is 18.5 Å². The number of hydrogen-bond acceptors (Lipinski definition) is 7. The molecule has 0 aromatic heterocycles. The molecule has 0 radical (unpaired) electrons. The zero-order valence-corrected chi connectivity index (χ0v) is 36.2. The highest BCUT2D eigenvalue weighted by Gasteiger charge is 2.27. The summed E-state index contributed by atoms with van der Waals surface area (Å²) in [6, 6.07) is 0. The largest absolute Gasteiger partial charge is 0.472 e. The topological polar surface area (TPSA) is 108 Å². The first-order chi connectivity index (χ1) is 27.0. The van der Waals surface area contributed by atoms with Gasteiger partial charge in [0.05, 0.1) is 27.7 Å². The highest BCUT2D eigenvalue weighted by atomic mass is 31.2. The minimum absolute atomic E-state index is 0.00782. The Kier molecular flexibility index (Phi) is 35.0. The van der Waals surface area contributed by atoms with Crippen molar-refractivity contribution in [3.63, 3.8) is 0 Å². The first-order valence-electron chi connectivity index (χ1n) is 20.6. The standard InChI is InChI=1S/C46H74NO8P/c1-6-8-10-12-14-16-18-20-22-23-25-26-28-30-32-34-36-38-45(48)52-42-44(43-54-56(50,51)53-41-40-47(3,4)5)55-46(49)39-37-35-33-31-29-27-24-21-19-17-15-13-11-9-7-2/h8-11,14-17,20-22,24-26,29-32,44H,6-7,12-13,18-19,23,27-28,33-43H2,1-5H3/p+1/b10-8+,11-9+,16-14+,17-15+,22-20+,24-21+,26-25+,31-29+,32-30+/t44-/m1/s1. The summed E-state index contributed by atoms with van der Waals surface area (Å²) >= 11 is 0. The Morgan fingerprint density at radius 1 is 0.554 bits per heavy atom. The number of carbonyl (C=O) groups excluding carboxylic acids is 2. The maximum Gasteiger partial charge on any atom is 0.472 e. The van der Waals surface area contributed by atoms with Gasteiger partial charge in [0.1, 0.15) is 19.8 Å². The van der Waals surface area contributed by atoms with E-state index >= 15 is 0 Å². The first-order valence-corrected chi connectivity index (χ1v) is 22.1. The molecule has 0 aromatic rings. The van der Waals surface area contributed by atoms with E-state index in [9.17, 15) is 19.0 Å². The number of quaternary nitrogens is 1. The van der Waals surface area contributed by atoms with Crippen molar-refractivity contribution >= 4 is 19.8 Å². The summed E-state index contributed by atoms with van der Waals surface area (Å²) in [6.07, 6.45) is 50.1. The maximum atomic E-state index is 12.6. The fourth-order valence-electron chi connectivity index (χ4n) is 4.63. The molecule has 2 atom stereocenters. The zero-order chi connectivity index (χ0) is 41.4. The van der Waals surface area contributed by atoms with E-state index in [0.29, 0.717) is 23.9 Å². The minimum atomic E-state index is -4.40. The van der Waals surface area contributed by atoms with Gasteiger partial charge in [-0.25, -0.2) is 4.57 Å². The molecule has 9 nitrogen and oxygen atoms in total. The average Bonchev–Trinajstić information content (AvgIpc) is 3.15. The van der Waals surface area contributed by atoms with Gasteiger partial charge in [0.2, 0.25) is 0 Å². The van der Waals surface area contributed by atoms with Crippen molar-refractivity contribution in [2.45, 2.75) is 123 Å². The zero-order valence-electron chi connectivity index (χ0n) is 35.3. The van der Waals surface area contributed by atoms with Crippen LogP contribution in [-0.4, -0.2) is 74.9 Å². The fraction of sp³-hybridized carbons (Fsp3) is 0.565. The molecule has 0 amide bonds. The molecule has 0 aliphatic heterocycles. The molecule has 0 saturated heterocycles. The monoisotopic (exact) mass is 801 g/mol. The summed E-state index contributed by atoms with van der Waals surface area (Å²) < 4.78 is 34.1. The molecule has 56 heavy (non-hydrogen) atoms. The van der Waals surface area contributed by atoms with Gasteiger partial charge in [-0.05, 0) is 89.9 Å². The SMILES string of the molecule is CC/C=C/C/C=C/C/C=C/C/C=C/C/C=C/CCCC(=O)OC[C@H](COP(=O)(O)OCC[N+](C)(C)C)OC(=O)CCCC/C=C/C/C=C/C/C=C/C/C=C/CC. The van der Waals surface area contributed by atoms with E-state index in [2.05, 4.69) is 117 Å². The summed E-state index contributed by atoms with van der Waals surface area (Å²) in [4.78, 5) is 35.3. The highest BCUT2D eigenvalue weighted by Crippen LogP contribution is 2.43. The van der Waals surface area contributed by atoms with Gasteiger partial charge in [-0.1, -0.05) is 123 Å². The lowest BCUT2D eigenvalue weighted by atomic mass is 10.2. The second-order valence-corrected chi connectivity index (χ2v) is 15.7. The number of carbonyl (C=O) groups is 2. The van der Waals surface area contributed by atoms with Crippen LogP contribution in [0.2, 0.25) is 0 Å². The van der Waals surface area contributed by atoms with Gasteiger partial charge in [-0.15, -0.1) is 0 Å². The number of ether oxygens (including phenoxy) is 2. The van der Waals surface area contributed by atoms with Crippen LogP contribution in [0.4, 0.5) is 0 Å². The lowest BCUT2D eigenvalue weighted by molar-refractivity contribution is -0.870. The minimum Gasteiger partial charge on any atom is -0.462 e. The Morgan fingerprint density at radius 3 is 1.41 bits per heavy atom. The summed E-state index contributed by atoms with van der Waals surface area (Å²) in [7, 11) is 1.39. The van der Waals surface area contributed by atoms with Crippen molar-refractivity contribution in [2.75, 3.05) is 47.5 Å². The van der Waals surface area contributed by atoms with Gasteiger partial charge < -0.3 is 18.9 Å². The Labute approximate surface area is 340 Å². The van der Waals surface area contributed by atoms with Crippen LogP contribution < -0.4 is 0 Å². The molecule has 1 N–H and O–H groups in total. The average molecular weight is 801 g/mol. The molecule has 0 heterocycles. The molecule has 1 unspecified atom stereocenters. The van der Waals surface area contributed by atoms with Crippen LogP contribution in [0.5, 0.6) is 0 Å². The number of unbranched alkanes of at least 4 members (excludes halogenated alkanes) is 3. The Balaban J connectivity index is 4.59. The number of nitrogens with zero attached hydrogens (tertiary/aromatic N) is 1.